The number of benzene rings is 1. The number of hydrogen-bond donors (Lipinski definition) is 1. The van der Waals surface area contributed by atoms with Crippen LogP contribution in [0.1, 0.15) is 36.3 Å². The minimum Gasteiger partial charge on any atom is -0.469 e. The first kappa shape index (κ1) is 22.8. The number of ether oxygens (including phenoxy) is 1. The number of aromatic nitrogens is 2. The van der Waals surface area contributed by atoms with E-state index in [2.05, 4.69) is 67.3 Å². The molecule has 0 spiro atoms. The number of esters is 1. The first-order valence-electron chi connectivity index (χ1n) is 11.0. The van der Waals surface area contributed by atoms with Crippen molar-refractivity contribution in [2.24, 2.45) is 0 Å². The minimum atomic E-state index is -0.213. The summed E-state index contributed by atoms with van der Waals surface area (Å²) in [7, 11) is 5.48. The average Bonchev–Trinajstić information content (AvgIpc) is 3.44. The normalized spacial score (nSPS) is 17.7. The van der Waals surface area contributed by atoms with Crippen LogP contribution < -0.4 is 10.2 Å². The highest BCUT2D eigenvalue weighted by Gasteiger charge is 2.41. The van der Waals surface area contributed by atoms with Crippen LogP contribution in [0.5, 0.6) is 0 Å². The summed E-state index contributed by atoms with van der Waals surface area (Å²) < 4.78 is 7.01. The summed E-state index contributed by atoms with van der Waals surface area (Å²) in [6.07, 6.45) is 4.88. The van der Waals surface area contributed by atoms with Crippen LogP contribution in [0.15, 0.2) is 67.0 Å². The summed E-state index contributed by atoms with van der Waals surface area (Å²) >= 11 is 5.74. The fraction of sp³-hybridized carbons (Fsp3) is 0.320. The second-order valence-electron chi connectivity index (χ2n) is 8.21. The average molecular weight is 464 g/mol. The Morgan fingerprint density at radius 2 is 1.94 bits per heavy atom. The van der Waals surface area contributed by atoms with Crippen LogP contribution in [-0.2, 0) is 9.53 Å². The van der Waals surface area contributed by atoms with E-state index in [4.69, 9.17) is 17.0 Å². The van der Waals surface area contributed by atoms with Gasteiger partial charge < -0.3 is 24.4 Å². The molecular formula is C25H29N5O2S. The van der Waals surface area contributed by atoms with Gasteiger partial charge in [0.2, 0.25) is 0 Å². The molecule has 0 bridgehead atoms. The van der Waals surface area contributed by atoms with Gasteiger partial charge in [-0.05, 0) is 67.2 Å². The fourth-order valence-electron chi connectivity index (χ4n) is 4.25. The molecule has 0 amide bonds. The second-order valence-corrected chi connectivity index (χ2v) is 8.60. The van der Waals surface area contributed by atoms with E-state index in [1.807, 2.05) is 32.3 Å². The van der Waals surface area contributed by atoms with Gasteiger partial charge in [-0.25, -0.2) is 0 Å². The first-order valence-corrected chi connectivity index (χ1v) is 11.4. The van der Waals surface area contributed by atoms with Crippen molar-refractivity contribution >= 4 is 29.0 Å². The summed E-state index contributed by atoms with van der Waals surface area (Å²) in [5, 5.41) is 4.14. The molecule has 1 fully saturated rings. The predicted molar refractivity (Wildman–Crippen MR) is 134 cm³/mol. The predicted octanol–water partition coefficient (Wildman–Crippen LogP) is 3.86. The van der Waals surface area contributed by atoms with E-state index in [0.717, 1.165) is 22.8 Å². The molecule has 0 unspecified atom stereocenters. The maximum absolute atomic E-state index is 11.7. The number of anilines is 1. The minimum absolute atomic E-state index is 0.0754. The SMILES string of the molecule is COC(=O)CCCN1C(=S)N[C@@H](c2ccccn2)[C@@H]1c1cccn1-c1ccc(N(C)C)cc1. The molecule has 8 heteroatoms. The fourth-order valence-corrected chi connectivity index (χ4v) is 4.58. The molecule has 2 atom stereocenters. The Morgan fingerprint density at radius 3 is 2.61 bits per heavy atom. The molecule has 1 N–H and O–H groups in total. The number of pyridine rings is 1. The molecule has 7 nitrogen and oxygen atoms in total. The standard InChI is InChI=1S/C25H29N5O2S/c1-28(2)18-11-13-19(14-12-18)29-16-6-9-21(29)24-23(20-8-4-5-15-26-20)27-25(33)30(24)17-7-10-22(31)32-3/h4-6,8-9,11-16,23-24H,7,10,17H2,1-3H3,(H,27,33)/t23-,24-/m0/s1. The van der Waals surface area contributed by atoms with Gasteiger partial charge in [0.25, 0.3) is 0 Å². The number of thiocarbonyl (C=S) groups is 1. The van der Waals surface area contributed by atoms with Gasteiger partial charge in [0, 0.05) is 56.5 Å². The van der Waals surface area contributed by atoms with Gasteiger partial charge in [-0.1, -0.05) is 6.07 Å². The Hall–Kier alpha value is -3.39. The number of nitrogens with one attached hydrogen (secondary N) is 1. The van der Waals surface area contributed by atoms with Crippen LogP contribution in [-0.4, -0.2) is 53.3 Å². The molecule has 172 valence electrons. The van der Waals surface area contributed by atoms with E-state index in [1.54, 1.807) is 6.20 Å². The van der Waals surface area contributed by atoms with Crippen molar-refractivity contribution < 1.29 is 9.53 Å². The summed E-state index contributed by atoms with van der Waals surface area (Å²) in [6, 6.07) is 18.4. The Labute approximate surface area is 200 Å². The lowest BCUT2D eigenvalue weighted by Crippen LogP contribution is -2.31. The number of carbonyl (C=O) groups excluding carboxylic acids is 1. The van der Waals surface area contributed by atoms with Crippen molar-refractivity contribution in [3.05, 3.63) is 78.4 Å². The van der Waals surface area contributed by atoms with E-state index in [-0.39, 0.29) is 18.1 Å². The lowest BCUT2D eigenvalue weighted by atomic mass is 10.0. The van der Waals surface area contributed by atoms with Crippen molar-refractivity contribution in [1.29, 1.82) is 0 Å². The first-order chi connectivity index (χ1) is 16.0. The summed E-state index contributed by atoms with van der Waals surface area (Å²) in [4.78, 5) is 20.5. The Bertz CT molecular complexity index is 1100. The van der Waals surface area contributed by atoms with E-state index in [1.165, 1.54) is 7.11 Å². The van der Waals surface area contributed by atoms with Gasteiger partial charge in [-0.3, -0.25) is 9.78 Å². The zero-order valence-electron chi connectivity index (χ0n) is 19.1. The van der Waals surface area contributed by atoms with E-state index < -0.39 is 0 Å². The molecule has 2 aromatic heterocycles. The zero-order valence-corrected chi connectivity index (χ0v) is 20.0. The Morgan fingerprint density at radius 1 is 1.15 bits per heavy atom. The third-order valence-electron chi connectivity index (χ3n) is 5.93. The quantitative estimate of drug-likeness (QED) is 0.402. The van der Waals surface area contributed by atoms with Crippen LogP contribution in [0, 0.1) is 0 Å². The lowest BCUT2D eigenvalue weighted by Gasteiger charge is -2.29. The van der Waals surface area contributed by atoms with E-state index in [0.29, 0.717) is 24.5 Å². The molecule has 33 heavy (non-hydrogen) atoms. The molecule has 0 aliphatic carbocycles. The van der Waals surface area contributed by atoms with Crippen molar-refractivity contribution in [1.82, 2.24) is 19.8 Å². The largest absolute Gasteiger partial charge is 0.469 e. The maximum Gasteiger partial charge on any atom is 0.305 e. The van der Waals surface area contributed by atoms with Gasteiger partial charge in [-0.15, -0.1) is 0 Å². The van der Waals surface area contributed by atoms with Crippen molar-refractivity contribution in [2.45, 2.75) is 24.9 Å². The molecule has 3 aromatic rings. The highest BCUT2D eigenvalue weighted by atomic mass is 32.1. The van der Waals surface area contributed by atoms with Crippen LogP contribution in [0.2, 0.25) is 0 Å². The smallest absolute Gasteiger partial charge is 0.305 e. The summed E-state index contributed by atoms with van der Waals surface area (Å²) in [5.74, 6) is -0.213. The molecule has 1 aromatic carbocycles. The lowest BCUT2D eigenvalue weighted by molar-refractivity contribution is -0.140. The van der Waals surface area contributed by atoms with Gasteiger partial charge in [-0.2, -0.15) is 0 Å². The maximum atomic E-state index is 11.7. The molecule has 1 aliphatic rings. The van der Waals surface area contributed by atoms with Crippen LogP contribution in [0.3, 0.4) is 0 Å². The number of rotatable bonds is 8. The van der Waals surface area contributed by atoms with Crippen LogP contribution in [0.25, 0.3) is 5.69 Å². The number of methoxy groups -OCH3 is 1. The zero-order chi connectivity index (χ0) is 23.4. The number of nitrogens with zero attached hydrogens (tertiary/aromatic N) is 4. The Balaban J connectivity index is 1.70. The second kappa shape index (κ2) is 10.0. The van der Waals surface area contributed by atoms with Gasteiger partial charge in [0.05, 0.1) is 24.9 Å². The molecule has 1 aliphatic heterocycles. The molecule has 3 heterocycles. The van der Waals surface area contributed by atoms with Crippen molar-refractivity contribution in [3.63, 3.8) is 0 Å². The number of hydrogen-bond acceptors (Lipinski definition) is 5. The molecule has 4 rings (SSSR count). The van der Waals surface area contributed by atoms with E-state index in [9.17, 15) is 4.79 Å². The third-order valence-corrected chi connectivity index (χ3v) is 6.29. The molecule has 0 radical (unpaired) electrons. The number of carbonyl (C=O) groups is 1. The van der Waals surface area contributed by atoms with E-state index >= 15 is 0 Å². The van der Waals surface area contributed by atoms with Gasteiger partial charge >= 0.3 is 5.97 Å². The molecule has 1 saturated heterocycles. The topological polar surface area (TPSA) is 62.6 Å². The van der Waals surface area contributed by atoms with Gasteiger partial charge in [0.1, 0.15) is 0 Å². The molecular weight excluding hydrogens is 434 g/mol. The highest BCUT2D eigenvalue weighted by Crippen LogP contribution is 2.39. The molecule has 0 saturated carbocycles. The van der Waals surface area contributed by atoms with Crippen molar-refractivity contribution in [2.75, 3.05) is 32.6 Å². The summed E-state index contributed by atoms with van der Waals surface area (Å²) in [6.45, 7) is 0.639. The highest BCUT2D eigenvalue weighted by molar-refractivity contribution is 7.80. The summed E-state index contributed by atoms with van der Waals surface area (Å²) in [5.41, 5.74) is 4.25. The Kier molecular flexibility index (Phi) is 6.93. The monoisotopic (exact) mass is 463 g/mol. The van der Waals surface area contributed by atoms with Crippen LogP contribution >= 0.6 is 12.2 Å². The third kappa shape index (κ3) is 4.85. The van der Waals surface area contributed by atoms with Gasteiger partial charge in [0.15, 0.2) is 5.11 Å². The van der Waals surface area contributed by atoms with Crippen LogP contribution in [0.4, 0.5) is 5.69 Å². The van der Waals surface area contributed by atoms with Crippen molar-refractivity contribution in [3.8, 4) is 5.69 Å².